The predicted octanol–water partition coefficient (Wildman–Crippen LogP) is 1.60. The number of rotatable bonds is 6. The zero-order valence-corrected chi connectivity index (χ0v) is 17.5. The van der Waals surface area contributed by atoms with E-state index in [0.29, 0.717) is 23.9 Å². The van der Waals surface area contributed by atoms with E-state index in [1.54, 1.807) is 0 Å². The number of carbonyl (C=O) groups excluding carboxylic acids is 2. The molecule has 6 heteroatoms. The Hall–Kier alpha value is -1.14. The average Bonchev–Trinajstić information content (AvgIpc) is 3.48. The third-order valence-corrected chi connectivity index (χ3v) is 7.16. The van der Waals surface area contributed by atoms with E-state index < -0.39 is 0 Å². The van der Waals surface area contributed by atoms with Crippen LogP contribution in [0.25, 0.3) is 0 Å². The largest absolute Gasteiger partial charge is 0.352 e. The third-order valence-electron chi connectivity index (χ3n) is 7.16. The molecule has 0 spiro atoms. The molecule has 0 aromatic heterocycles. The smallest absolute Gasteiger partial charge is 0.237 e. The average molecular weight is 379 g/mol. The summed E-state index contributed by atoms with van der Waals surface area (Å²) in [5.74, 6) is 1.55. The molecule has 154 valence electrons. The van der Waals surface area contributed by atoms with Crippen molar-refractivity contribution in [3.63, 3.8) is 0 Å². The number of nitrogens with one attached hydrogen (secondary N) is 2. The highest BCUT2D eigenvalue weighted by atomic mass is 16.2. The molecule has 1 heterocycles. The lowest BCUT2D eigenvalue weighted by atomic mass is 9.78. The predicted molar refractivity (Wildman–Crippen MR) is 107 cm³/mol. The van der Waals surface area contributed by atoms with E-state index in [1.807, 2.05) is 13.8 Å². The van der Waals surface area contributed by atoms with Gasteiger partial charge in [0.1, 0.15) is 0 Å². The van der Waals surface area contributed by atoms with Crippen LogP contribution in [0.1, 0.15) is 59.8 Å². The van der Waals surface area contributed by atoms with Gasteiger partial charge in [-0.05, 0) is 44.9 Å². The first-order valence-corrected chi connectivity index (χ1v) is 11.0. The summed E-state index contributed by atoms with van der Waals surface area (Å²) in [4.78, 5) is 29.5. The minimum atomic E-state index is -0.104. The molecule has 2 amide bonds. The summed E-state index contributed by atoms with van der Waals surface area (Å²) in [6.07, 6.45) is 5.84. The highest BCUT2D eigenvalue weighted by Crippen LogP contribution is 2.29. The highest BCUT2D eigenvalue weighted by molar-refractivity contribution is 5.82. The summed E-state index contributed by atoms with van der Waals surface area (Å²) in [6, 6.07) is 0.541. The lowest BCUT2D eigenvalue weighted by Gasteiger charge is -2.40. The van der Waals surface area contributed by atoms with Crippen molar-refractivity contribution in [1.29, 1.82) is 0 Å². The second kappa shape index (κ2) is 8.91. The Kier molecular flexibility index (Phi) is 6.79. The van der Waals surface area contributed by atoms with E-state index in [4.69, 9.17) is 0 Å². The van der Waals surface area contributed by atoms with Gasteiger partial charge in [0.2, 0.25) is 11.8 Å². The second-order valence-electron chi connectivity index (χ2n) is 9.09. The Labute approximate surface area is 164 Å². The van der Waals surface area contributed by atoms with Crippen LogP contribution in [-0.2, 0) is 9.59 Å². The molecular weight excluding hydrogens is 340 g/mol. The zero-order valence-electron chi connectivity index (χ0n) is 17.5. The first-order valence-electron chi connectivity index (χ1n) is 11.0. The van der Waals surface area contributed by atoms with E-state index in [1.165, 1.54) is 12.8 Å². The van der Waals surface area contributed by atoms with Gasteiger partial charge in [0.25, 0.3) is 0 Å². The van der Waals surface area contributed by atoms with E-state index in [0.717, 1.165) is 45.4 Å². The molecule has 0 radical (unpaired) electrons. The van der Waals surface area contributed by atoms with Gasteiger partial charge in [-0.15, -0.1) is 0 Å². The Morgan fingerprint density at radius 1 is 0.815 bits per heavy atom. The van der Waals surface area contributed by atoms with Crippen LogP contribution in [0.5, 0.6) is 0 Å². The zero-order chi connectivity index (χ0) is 19.6. The monoisotopic (exact) mass is 378 g/mol. The molecule has 0 aromatic carbocycles. The standard InChI is InChI=1S/C21H38N4O2/c1-14-6-5-7-19(15(14)2)23-21(27)17(4)25-12-10-24(11-13-25)16(3)20(26)22-18-8-9-18/h14-19H,5-13H2,1-4H3,(H,22,26)(H,23,27). The van der Waals surface area contributed by atoms with Crippen molar-refractivity contribution in [2.24, 2.45) is 11.8 Å². The number of hydrogen-bond donors (Lipinski definition) is 2. The topological polar surface area (TPSA) is 64.7 Å². The molecule has 1 saturated heterocycles. The summed E-state index contributed by atoms with van der Waals surface area (Å²) in [6.45, 7) is 11.9. The molecule has 2 aliphatic carbocycles. The number of amides is 2. The normalized spacial score (nSPS) is 32.5. The van der Waals surface area contributed by atoms with E-state index in [9.17, 15) is 9.59 Å². The SMILES string of the molecule is CC1CCCC(NC(=O)C(C)N2CCN(C(C)C(=O)NC3CC3)CC2)C1C. The molecule has 1 aliphatic heterocycles. The lowest BCUT2D eigenvalue weighted by molar-refractivity contribution is -0.130. The van der Waals surface area contributed by atoms with Gasteiger partial charge in [-0.25, -0.2) is 0 Å². The van der Waals surface area contributed by atoms with Gasteiger partial charge in [0.05, 0.1) is 12.1 Å². The minimum Gasteiger partial charge on any atom is -0.352 e. The molecule has 0 aromatic rings. The van der Waals surface area contributed by atoms with Crippen LogP contribution in [0.4, 0.5) is 0 Å². The van der Waals surface area contributed by atoms with Crippen LogP contribution in [0.3, 0.4) is 0 Å². The van der Waals surface area contributed by atoms with Crippen LogP contribution in [-0.4, -0.2) is 72.0 Å². The molecule has 27 heavy (non-hydrogen) atoms. The van der Waals surface area contributed by atoms with Crippen LogP contribution in [0, 0.1) is 11.8 Å². The lowest BCUT2D eigenvalue weighted by Crippen LogP contribution is -2.58. The Morgan fingerprint density at radius 3 is 1.85 bits per heavy atom. The molecule has 2 saturated carbocycles. The van der Waals surface area contributed by atoms with Crippen LogP contribution >= 0.6 is 0 Å². The molecule has 2 N–H and O–H groups in total. The number of piperazine rings is 1. The summed E-state index contributed by atoms with van der Waals surface area (Å²) in [5, 5.41) is 6.42. The maximum atomic E-state index is 12.8. The van der Waals surface area contributed by atoms with E-state index >= 15 is 0 Å². The highest BCUT2D eigenvalue weighted by Gasteiger charge is 2.34. The van der Waals surface area contributed by atoms with Crippen molar-refractivity contribution in [1.82, 2.24) is 20.4 Å². The summed E-state index contributed by atoms with van der Waals surface area (Å²) in [5.41, 5.74) is 0. The molecule has 6 nitrogen and oxygen atoms in total. The van der Waals surface area contributed by atoms with Crippen LogP contribution in [0.2, 0.25) is 0 Å². The van der Waals surface area contributed by atoms with E-state index in [2.05, 4.69) is 34.3 Å². The van der Waals surface area contributed by atoms with Crippen molar-refractivity contribution in [2.45, 2.75) is 84.0 Å². The molecule has 3 aliphatic rings. The number of nitrogens with zero attached hydrogens (tertiary/aromatic N) is 2. The molecule has 3 rings (SSSR count). The van der Waals surface area contributed by atoms with Gasteiger partial charge in [-0.2, -0.15) is 0 Å². The third kappa shape index (κ3) is 5.23. The Balaban J connectivity index is 1.44. The van der Waals surface area contributed by atoms with Gasteiger partial charge in [0, 0.05) is 38.3 Å². The van der Waals surface area contributed by atoms with Gasteiger partial charge in [0.15, 0.2) is 0 Å². The fourth-order valence-electron chi connectivity index (χ4n) is 4.48. The maximum Gasteiger partial charge on any atom is 0.237 e. The summed E-state index contributed by atoms with van der Waals surface area (Å²) < 4.78 is 0. The summed E-state index contributed by atoms with van der Waals surface area (Å²) in [7, 11) is 0. The molecule has 3 fully saturated rings. The molecular formula is C21H38N4O2. The van der Waals surface area contributed by atoms with Crippen LogP contribution in [0.15, 0.2) is 0 Å². The van der Waals surface area contributed by atoms with Crippen molar-refractivity contribution in [3.05, 3.63) is 0 Å². The van der Waals surface area contributed by atoms with E-state index in [-0.39, 0.29) is 23.9 Å². The van der Waals surface area contributed by atoms with Gasteiger partial charge in [-0.1, -0.05) is 26.7 Å². The first kappa shape index (κ1) is 20.6. The molecule has 0 bridgehead atoms. The first-order chi connectivity index (χ1) is 12.9. The van der Waals surface area contributed by atoms with Crippen molar-refractivity contribution in [3.8, 4) is 0 Å². The van der Waals surface area contributed by atoms with Gasteiger partial charge in [-0.3, -0.25) is 19.4 Å². The molecule has 5 atom stereocenters. The van der Waals surface area contributed by atoms with Crippen molar-refractivity contribution in [2.75, 3.05) is 26.2 Å². The quantitative estimate of drug-likeness (QED) is 0.737. The van der Waals surface area contributed by atoms with Gasteiger partial charge < -0.3 is 10.6 Å². The minimum absolute atomic E-state index is 0.0820. The van der Waals surface area contributed by atoms with Crippen molar-refractivity contribution < 1.29 is 9.59 Å². The number of carbonyl (C=O) groups is 2. The fourth-order valence-corrected chi connectivity index (χ4v) is 4.48. The molecule has 5 unspecified atom stereocenters. The Morgan fingerprint density at radius 2 is 1.33 bits per heavy atom. The maximum absolute atomic E-state index is 12.8. The summed E-state index contributed by atoms with van der Waals surface area (Å²) >= 11 is 0. The second-order valence-corrected chi connectivity index (χ2v) is 9.09. The van der Waals surface area contributed by atoms with Crippen LogP contribution < -0.4 is 10.6 Å². The number of hydrogen-bond acceptors (Lipinski definition) is 4. The van der Waals surface area contributed by atoms with Gasteiger partial charge >= 0.3 is 0 Å². The van der Waals surface area contributed by atoms with Crippen molar-refractivity contribution >= 4 is 11.8 Å². The fraction of sp³-hybridized carbons (Fsp3) is 0.905. The Bertz CT molecular complexity index is 528.